The van der Waals surface area contributed by atoms with Crippen LogP contribution in [0.4, 0.5) is 0 Å². The Morgan fingerprint density at radius 1 is 1.11 bits per heavy atom. The van der Waals surface area contributed by atoms with Crippen molar-refractivity contribution in [1.82, 2.24) is 10.3 Å². The monoisotopic (exact) mass is 358 g/mol. The molecule has 1 N–H and O–H groups in total. The van der Waals surface area contributed by atoms with Crippen LogP contribution < -0.4 is 10.1 Å². The first kappa shape index (κ1) is 16.3. The van der Waals surface area contributed by atoms with Crippen molar-refractivity contribution in [3.8, 4) is 5.75 Å². The first-order chi connectivity index (χ1) is 13.2. The molecule has 3 aromatic rings. The van der Waals surface area contributed by atoms with Crippen LogP contribution in [0.3, 0.4) is 0 Å². The van der Waals surface area contributed by atoms with Gasteiger partial charge in [0.05, 0.1) is 23.7 Å². The first-order valence-corrected chi connectivity index (χ1v) is 9.63. The summed E-state index contributed by atoms with van der Waals surface area (Å²) in [6.07, 6.45) is 3.11. The number of ether oxygens (including phenoxy) is 1. The molecule has 4 nitrogen and oxygen atoms in total. The topological polar surface area (TPSA) is 51.2 Å². The van der Waals surface area contributed by atoms with Crippen molar-refractivity contribution >= 4 is 16.8 Å². The second-order valence-electron chi connectivity index (χ2n) is 7.54. The Kier molecular flexibility index (Phi) is 3.85. The van der Waals surface area contributed by atoms with E-state index in [1.165, 1.54) is 12.8 Å². The summed E-state index contributed by atoms with van der Waals surface area (Å²) in [6, 6.07) is 16.0. The summed E-state index contributed by atoms with van der Waals surface area (Å²) in [5.41, 5.74) is 4.89. The van der Waals surface area contributed by atoms with Gasteiger partial charge in [-0.05, 0) is 37.5 Å². The van der Waals surface area contributed by atoms with E-state index < -0.39 is 0 Å². The highest BCUT2D eigenvalue weighted by Gasteiger charge is 2.28. The van der Waals surface area contributed by atoms with E-state index in [9.17, 15) is 4.79 Å². The molecule has 0 radical (unpaired) electrons. The third-order valence-corrected chi connectivity index (χ3v) is 5.57. The number of nitrogens with zero attached hydrogens (tertiary/aromatic N) is 1. The predicted molar refractivity (Wildman–Crippen MR) is 105 cm³/mol. The highest BCUT2D eigenvalue weighted by molar-refractivity contribution is 6.07. The molecule has 1 aromatic heterocycles. The van der Waals surface area contributed by atoms with Crippen molar-refractivity contribution < 1.29 is 9.53 Å². The number of pyridine rings is 1. The lowest BCUT2D eigenvalue weighted by Crippen LogP contribution is -2.32. The fourth-order valence-electron chi connectivity index (χ4n) is 3.92. The van der Waals surface area contributed by atoms with Crippen LogP contribution in [0.5, 0.6) is 5.75 Å². The molecule has 1 aliphatic carbocycles. The van der Waals surface area contributed by atoms with Crippen LogP contribution in [0.2, 0.25) is 0 Å². The van der Waals surface area contributed by atoms with Crippen LogP contribution >= 0.6 is 0 Å². The maximum atomic E-state index is 13.3. The van der Waals surface area contributed by atoms with Crippen molar-refractivity contribution in [2.75, 3.05) is 6.61 Å². The molecule has 1 aliphatic heterocycles. The van der Waals surface area contributed by atoms with E-state index in [-0.39, 0.29) is 11.9 Å². The molecule has 136 valence electrons. The van der Waals surface area contributed by atoms with Gasteiger partial charge in [0.15, 0.2) is 0 Å². The second kappa shape index (κ2) is 6.38. The molecule has 1 saturated carbocycles. The van der Waals surface area contributed by atoms with Gasteiger partial charge in [-0.3, -0.25) is 9.78 Å². The van der Waals surface area contributed by atoms with Crippen LogP contribution in [-0.4, -0.2) is 17.5 Å². The van der Waals surface area contributed by atoms with Gasteiger partial charge in [-0.1, -0.05) is 36.4 Å². The number of carbonyl (C=O) groups excluding carboxylic acids is 1. The summed E-state index contributed by atoms with van der Waals surface area (Å²) >= 11 is 0. The Balaban J connectivity index is 1.54. The van der Waals surface area contributed by atoms with Crippen LogP contribution in [0.25, 0.3) is 10.9 Å². The average molecular weight is 358 g/mol. The van der Waals surface area contributed by atoms with Gasteiger partial charge >= 0.3 is 0 Å². The SMILES string of the molecule is Cc1cccc2c(C(=O)NC3CCOc4ccccc43)cc(C3CC3)nc12. The molecule has 1 atom stereocenters. The van der Waals surface area contributed by atoms with Gasteiger partial charge in [-0.15, -0.1) is 0 Å². The average Bonchev–Trinajstić information content (AvgIpc) is 3.53. The fraction of sp³-hybridized carbons (Fsp3) is 0.304. The smallest absolute Gasteiger partial charge is 0.252 e. The standard InChI is InChI=1S/C23H22N2O2/c1-14-5-4-7-16-18(13-20(15-9-10-15)24-22(14)16)23(26)25-19-11-12-27-21-8-3-2-6-17(19)21/h2-8,13,15,19H,9-12H2,1H3,(H,25,26). The van der Waals surface area contributed by atoms with Gasteiger partial charge < -0.3 is 10.1 Å². The predicted octanol–water partition coefficient (Wildman–Crippen LogP) is 4.67. The number of carbonyl (C=O) groups is 1. The highest BCUT2D eigenvalue weighted by Crippen LogP contribution is 2.40. The van der Waals surface area contributed by atoms with Crippen molar-refractivity contribution in [1.29, 1.82) is 0 Å². The molecule has 0 saturated heterocycles. The van der Waals surface area contributed by atoms with E-state index in [1.807, 2.05) is 42.5 Å². The van der Waals surface area contributed by atoms with Crippen LogP contribution in [0.15, 0.2) is 48.5 Å². The Labute approximate surface area is 158 Å². The van der Waals surface area contributed by atoms with Crippen molar-refractivity contribution in [2.24, 2.45) is 0 Å². The van der Waals surface area contributed by atoms with E-state index >= 15 is 0 Å². The summed E-state index contributed by atoms with van der Waals surface area (Å²) < 4.78 is 5.72. The molecule has 4 heteroatoms. The van der Waals surface area contributed by atoms with Gasteiger partial charge in [-0.2, -0.15) is 0 Å². The van der Waals surface area contributed by atoms with Crippen LogP contribution in [0.1, 0.15) is 58.4 Å². The number of benzene rings is 2. The molecule has 27 heavy (non-hydrogen) atoms. The quantitative estimate of drug-likeness (QED) is 0.740. The van der Waals surface area contributed by atoms with Gasteiger partial charge in [0, 0.05) is 29.0 Å². The summed E-state index contributed by atoms with van der Waals surface area (Å²) in [5.74, 6) is 1.34. The molecule has 2 aromatic carbocycles. The molecule has 0 bridgehead atoms. The maximum absolute atomic E-state index is 13.3. The number of aryl methyl sites for hydroxylation is 1. The summed E-state index contributed by atoms with van der Waals surface area (Å²) in [5, 5.41) is 4.17. The van der Waals surface area contributed by atoms with E-state index in [0.717, 1.165) is 45.5 Å². The molecule has 1 amide bonds. The molecule has 0 spiro atoms. The van der Waals surface area contributed by atoms with Crippen molar-refractivity contribution in [3.05, 3.63) is 70.9 Å². The van der Waals surface area contributed by atoms with Gasteiger partial charge in [0.2, 0.25) is 0 Å². The van der Waals surface area contributed by atoms with Gasteiger partial charge in [0.1, 0.15) is 5.75 Å². The van der Waals surface area contributed by atoms with E-state index in [2.05, 4.69) is 18.3 Å². The van der Waals surface area contributed by atoms with Crippen LogP contribution in [0, 0.1) is 6.92 Å². The minimum Gasteiger partial charge on any atom is -0.493 e. The number of hydrogen-bond donors (Lipinski definition) is 1. The zero-order valence-electron chi connectivity index (χ0n) is 15.4. The largest absolute Gasteiger partial charge is 0.493 e. The van der Waals surface area contributed by atoms with E-state index in [4.69, 9.17) is 9.72 Å². The van der Waals surface area contributed by atoms with Gasteiger partial charge in [0.25, 0.3) is 5.91 Å². The number of rotatable bonds is 3. The third kappa shape index (κ3) is 2.95. The number of aromatic nitrogens is 1. The third-order valence-electron chi connectivity index (χ3n) is 5.57. The number of nitrogens with one attached hydrogen (secondary N) is 1. The maximum Gasteiger partial charge on any atom is 0.252 e. The molecule has 5 rings (SSSR count). The number of hydrogen-bond acceptors (Lipinski definition) is 3. The summed E-state index contributed by atoms with van der Waals surface area (Å²) in [6.45, 7) is 2.67. The molecule has 2 aliphatic rings. The molecule has 2 heterocycles. The minimum absolute atomic E-state index is 0.0279. The number of fused-ring (bicyclic) bond motifs is 2. The summed E-state index contributed by atoms with van der Waals surface area (Å²) in [4.78, 5) is 18.1. The lowest BCUT2D eigenvalue weighted by molar-refractivity contribution is 0.0926. The van der Waals surface area contributed by atoms with E-state index in [0.29, 0.717) is 12.5 Å². The Hall–Kier alpha value is -2.88. The summed E-state index contributed by atoms with van der Waals surface area (Å²) in [7, 11) is 0. The lowest BCUT2D eigenvalue weighted by atomic mass is 9.98. The normalized spacial score (nSPS) is 18.6. The number of amides is 1. The van der Waals surface area contributed by atoms with Gasteiger partial charge in [-0.25, -0.2) is 0 Å². The highest BCUT2D eigenvalue weighted by atomic mass is 16.5. The fourth-order valence-corrected chi connectivity index (χ4v) is 3.92. The zero-order valence-corrected chi connectivity index (χ0v) is 15.4. The van der Waals surface area contributed by atoms with Crippen molar-refractivity contribution in [3.63, 3.8) is 0 Å². The molecular weight excluding hydrogens is 336 g/mol. The Morgan fingerprint density at radius 3 is 2.81 bits per heavy atom. The molecular formula is C23H22N2O2. The van der Waals surface area contributed by atoms with Crippen molar-refractivity contribution in [2.45, 2.75) is 38.1 Å². The lowest BCUT2D eigenvalue weighted by Gasteiger charge is -2.27. The second-order valence-corrected chi connectivity index (χ2v) is 7.54. The first-order valence-electron chi connectivity index (χ1n) is 9.63. The Morgan fingerprint density at radius 2 is 1.96 bits per heavy atom. The zero-order chi connectivity index (χ0) is 18.4. The Bertz CT molecular complexity index is 1040. The number of para-hydroxylation sites is 2. The van der Waals surface area contributed by atoms with Crippen LogP contribution in [-0.2, 0) is 0 Å². The van der Waals surface area contributed by atoms with E-state index in [1.54, 1.807) is 0 Å². The minimum atomic E-state index is -0.0309. The molecule has 1 unspecified atom stereocenters. The molecule has 1 fully saturated rings.